The molecule has 8 nitrogen and oxygen atoms in total. The van der Waals surface area contributed by atoms with Crippen LogP contribution < -0.4 is 16.2 Å². The van der Waals surface area contributed by atoms with Gasteiger partial charge in [0, 0.05) is 0 Å². The Bertz CT molecular complexity index is 533. The molecule has 0 aliphatic heterocycles. The summed E-state index contributed by atoms with van der Waals surface area (Å²) >= 11 is 0. The van der Waals surface area contributed by atoms with Crippen molar-refractivity contribution in [2.45, 2.75) is 25.4 Å². The van der Waals surface area contributed by atoms with E-state index in [1.54, 1.807) is 18.2 Å². The van der Waals surface area contributed by atoms with E-state index in [4.69, 9.17) is 21.3 Å². The lowest BCUT2D eigenvalue weighted by molar-refractivity contribution is -0.153. The SMILES string of the molecule is C[C@H](N)C(=O)N(CN)[C@@H](CC(=O)O)C(=O)Oc1ccccc1. The Morgan fingerprint density at radius 1 is 1.27 bits per heavy atom. The molecule has 0 aliphatic carbocycles. The lowest BCUT2D eigenvalue weighted by Crippen LogP contribution is -2.54. The van der Waals surface area contributed by atoms with Crippen LogP contribution in [0.25, 0.3) is 0 Å². The van der Waals surface area contributed by atoms with Gasteiger partial charge in [0.2, 0.25) is 5.91 Å². The summed E-state index contributed by atoms with van der Waals surface area (Å²) in [5.41, 5.74) is 11.0. The molecule has 22 heavy (non-hydrogen) atoms. The van der Waals surface area contributed by atoms with Gasteiger partial charge in [-0.15, -0.1) is 0 Å². The van der Waals surface area contributed by atoms with Gasteiger partial charge in [-0.05, 0) is 19.1 Å². The fraction of sp³-hybridized carbons (Fsp3) is 0.357. The molecule has 0 saturated carbocycles. The molecule has 2 atom stereocenters. The number of aliphatic carboxylic acids is 1. The highest BCUT2D eigenvalue weighted by Gasteiger charge is 2.33. The maximum atomic E-state index is 12.2. The second kappa shape index (κ2) is 8.11. The van der Waals surface area contributed by atoms with Gasteiger partial charge >= 0.3 is 11.9 Å². The van der Waals surface area contributed by atoms with E-state index in [1.807, 2.05) is 0 Å². The number of nitrogens with zero attached hydrogens (tertiary/aromatic N) is 1. The number of amides is 1. The van der Waals surface area contributed by atoms with Crippen molar-refractivity contribution in [3.05, 3.63) is 30.3 Å². The zero-order valence-electron chi connectivity index (χ0n) is 12.1. The lowest BCUT2D eigenvalue weighted by atomic mass is 10.1. The van der Waals surface area contributed by atoms with E-state index in [9.17, 15) is 14.4 Å². The minimum absolute atomic E-state index is 0.244. The summed E-state index contributed by atoms with van der Waals surface area (Å²) in [6.07, 6.45) is -0.624. The lowest BCUT2D eigenvalue weighted by Gasteiger charge is -2.29. The quantitative estimate of drug-likeness (QED) is 0.352. The topological polar surface area (TPSA) is 136 Å². The molecule has 1 rings (SSSR count). The summed E-state index contributed by atoms with van der Waals surface area (Å²) in [6, 6.07) is 5.86. The number of carboxylic acid groups (broad SMARTS) is 1. The molecule has 0 fully saturated rings. The second-order valence-corrected chi connectivity index (χ2v) is 4.63. The average Bonchev–Trinajstić information content (AvgIpc) is 2.47. The highest BCUT2D eigenvalue weighted by atomic mass is 16.5. The third-order valence-corrected chi connectivity index (χ3v) is 2.85. The van der Waals surface area contributed by atoms with Crippen molar-refractivity contribution in [1.29, 1.82) is 0 Å². The van der Waals surface area contributed by atoms with Gasteiger partial charge in [-0.1, -0.05) is 18.2 Å². The van der Waals surface area contributed by atoms with Crippen molar-refractivity contribution in [1.82, 2.24) is 4.90 Å². The van der Waals surface area contributed by atoms with Crippen molar-refractivity contribution >= 4 is 17.8 Å². The minimum Gasteiger partial charge on any atom is -0.481 e. The number of carboxylic acids is 1. The molecule has 1 amide bonds. The minimum atomic E-state index is -1.35. The molecule has 1 aromatic rings. The number of rotatable bonds is 7. The summed E-state index contributed by atoms with van der Waals surface area (Å²) < 4.78 is 5.10. The summed E-state index contributed by atoms with van der Waals surface area (Å²) in [5.74, 6) is -2.52. The van der Waals surface area contributed by atoms with E-state index in [1.165, 1.54) is 19.1 Å². The first-order valence-electron chi connectivity index (χ1n) is 6.61. The highest BCUT2D eigenvalue weighted by Crippen LogP contribution is 2.13. The first-order chi connectivity index (χ1) is 10.4. The van der Waals surface area contributed by atoms with Gasteiger partial charge in [-0.25, -0.2) is 4.79 Å². The Balaban J connectivity index is 2.97. The monoisotopic (exact) mass is 309 g/mol. The van der Waals surface area contributed by atoms with Crippen LogP contribution >= 0.6 is 0 Å². The van der Waals surface area contributed by atoms with E-state index >= 15 is 0 Å². The van der Waals surface area contributed by atoms with Gasteiger partial charge in [0.1, 0.15) is 11.8 Å². The van der Waals surface area contributed by atoms with E-state index < -0.39 is 36.4 Å². The maximum Gasteiger partial charge on any atom is 0.334 e. The predicted octanol–water partition coefficient (Wildman–Crippen LogP) is -0.473. The molecule has 0 aromatic heterocycles. The fourth-order valence-electron chi connectivity index (χ4n) is 1.79. The number of ether oxygens (including phenoxy) is 1. The Morgan fingerprint density at radius 2 is 1.86 bits per heavy atom. The van der Waals surface area contributed by atoms with Gasteiger partial charge in [0.15, 0.2) is 0 Å². The molecule has 0 saturated heterocycles. The average molecular weight is 309 g/mol. The normalized spacial score (nSPS) is 13.0. The van der Waals surface area contributed by atoms with Crippen molar-refractivity contribution in [2.75, 3.05) is 6.67 Å². The van der Waals surface area contributed by atoms with E-state index in [-0.39, 0.29) is 12.4 Å². The van der Waals surface area contributed by atoms with Crippen LogP contribution in [0, 0.1) is 0 Å². The first-order valence-corrected chi connectivity index (χ1v) is 6.61. The molecule has 8 heteroatoms. The molecular weight excluding hydrogens is 290 g/mol. The number of esters is 1. The van der Waals surface area contributed by atoms with Crippen LogP contribution in [0.2, 0.25) is 0 Å². The fourth-order valence-corrected chi connectivity index (χ4v) is 1.79. The van der Waals surface area contributed by atoms with Gasteiger partial charge in [-0.3, -0.25) is 9.59 Å². The molecule has 5 N–H and O–H groups in total. The molecule has 0 aliphatic rings. The van der Waals surface area contributed by atoms with Crippen LogP contribution in [0.5, 0.6) is 5.75 Å². The third-order valence-electron chi connectivity index (χ3n) is 2.85. The highest BCUT2D eigenvalue weighted by molar-refractivity contribution is 5.90. The maximum absolute atomic E-state index is 12.2. The van der Waals surface area contributed by atoms with Crippen molar-refractivity contribution < 1.29 is 24.2 Å². The Morgan fingerprint density at radius 3 is 2.32 bits per heavy atom. The predicted molar refractivity (Wildman–Crippen MR) is 77.7 cm³/mol. The number of benzene rings is 1. The number of carbonyl (C=O) groups excluding carboxylic acids is 2. The van der Waals surface area contributed by atoms with E-state index in [2.05, 4.69) is 0 Å². The van der Waals surface area contributed by atoms with Crippen molar-refractivity contribution in [2.24, 2.45) is 11.5 Å². The molecular formula is C14H19N3O5. The number of hydrogen-bond acceptors (Lipinski definition) is 6. The Hall–Kier alpha value is -2.45. The molecule has 0 spiro atoms. The van der Waals surface area contributed by atoms with Gasteiger partial charge in [-0.2, -0.15) is 0 Å². The molecule has 0 bridgehead atoms. The summed E-state index contributed by atoms with van der Waals surface area (Å²) in [5, 5.41) is 8.95. The molecule has 120 valence electrons. The van der Waals surface area contributed by atoms with E-state index in [0.29, 0.717) is 0 Å². The van der Waals surface area contributed by atoms with Crippen LogP contribution in [-0.2, 0) is 14.4 Å². The molecule has 0 unspecified atom stereocenters. The number of para-hydroxylation sites is 1. The molecule has 0 heterocycles. The standard InChI is InChI=1S/C14H19N3O5/c1-9(16)13(20)17(8-15)11(7-12(18)19)14(21)22-10-5-3-2-4-6-10/h2-6,9,11H,7-8,15-16H2,1H3,(H,18,19)/t9-,11-/m0/s1. The van der Waals surface area contributed by atoms with Gasteiger partial charge < -0.3 is 26.2 Å². The Labute approximate surface area is 127 Å². The number of hydrogen-bond donors (Lipinski definition) is 3. The van der Waals surface area contributed by atoms with E-state index in [0.717, 1.165) is 4.90 Å². The summed E-state index contributed by atoms with van der Waals surface area (Å²) in [4.78, 5) is 36.0. The number of carbonyl (C=O) groups is 3. The summed E-state index contributed by atoms with van der Waals surface area (Å²) in [6.45, 7) is 1.08. The zero-order valence-corrected chi connectivity index (χ0v) is 12.1. The third kappa shape index (κ3) is 4.83. The Kier molecular flexibility index (Phi) is 6.48. The zero-order chi connectivity index (χ0) is 16.7. The van der Waals surface area contributed by atoms with Crippen LogP contribution in [0.4, 0.5) is 0 Å². The molecule has 0 radical (unpaired) electrons. The first kappa shape index (κ1) is 17.6. The largest absolute Gasteiger partial charge is 0.481 e. The van der Waals surface area contributed by atoms with Crippen molar-refractivity contribution in [3.8, 4) is 5.75 Å². The van der Waals surface area contributed by atoms with Crippen LogP contribution in [0.1, 0.15) is 13.3 Å². The van der Waals surface area contributed by atoms with Crippen molar-refractivity contribution in [3.63, 3.8) is 0 Å². The smallest absolute Gasteiger partial charge is 0.334 e. The van der Waals surface area contributed by atoms with Crippen LogP contribution in [-0.4, -0.2) is 46.6 Å². The van der Waals surface area contributed by atoms with Gasteiger partial charge in [0.05, 0.1) is 19.1 Å². The van der Waals surface area contributed by atoms with Gasteiger partial charge in [0.25, 0.3) is 0 Å². The number of nitrogens with two attached hydrogens (primary N) is 2. The molecule has 1 aromatic carbocycles. The summed E-state index contributed by atoms with van der Waals surface area (Å²) in [7, 11) is 0. The van der Waals surface area contributed by atoms with Crippen LogP contribution in [0.3, 0.4) is 0 Å². The second-order valence-electron chi connectivity index (χ2n) is 4.63. The van der Waals surface area contributed by atoms with Crippen LogP contribution in [0.15, 0.2) is 30.3 Å².